The van der Waals surface area contributed by atoms with Gasteiger partial charge in [0, 0.05) is 25.5 Å². The lowest BCUT2D eigenvalue weighted by Gasteiger charge is -2.19. The molecule has 1 aliphatic heterocycles. The quantitative estimate of drug-likeness (QED) is 0.558. The van der Waals surface area contributed by atoms with Crippen LogP contribution in [0.4, 0.5) is 24.7 Å². The highest BCUT2D eigenvalue weighted by Crippen LogP contribution is 2.38. The Morgan fingerprint density at radius 3 is 2.62 bits per heavy atom. The van der Waals surface area contributed by atoms with Crippen LogP contribution in [0, 0.1) is 0 Å². The van der Waals surface area contributed by atoms with E-state index in [4.69, 9.17) is 4.42 Å². The Morgan fingerprint density at radius 1 is 1.31 bits per heavy atom. The molecule has 0 unspecified atom stereocenters. The molecule has 1 amide bonds. The minimum absolute atomic E-state index is 0.0350. The smallest absolute Gasteiger partial charge is 0.416 e. The van der Waals surface area contributed by atoms with Crippen LogP contribution in [0.1, 0.15) is 17.9 Å². The van der Waals surface area contributed by atoms with Crippen LogP contribution >= 0.6 is 0 Å². The first kappa shape index (κ1) is 21.6. The molecule has 2 aromatic heterocycles. The van der Waals surface area contributed by atoms with Crippen molar-refractivity contribution in [3.63, 3.8) is 0 Å². The molecule has 1 aromatic carbocycles. The largest absolute Gasteiger partial charge is 0.419 e. The van der Waals surface area contributed by atoms with E-state index in [2.05, 4.69) is 27.2 Å². The van der Waals surface area contributed by atoms with E-state index in [1.807, 2.05) is 0 Å². The fourth-order valence-corrected chi connectivity index (χ4v) is 3.54. The molecule has 0 aliphatic carbocycles. The van der Waals surface area contributed by atoms with Crippen molar-refractivity contribution in [2.75, 3.05) is 18.6 Å². The van der Waals surface area contributed by atoms with Crippen LogP contribution in [-0.2, 0) is 23.4 Å². The topological polar surface area (TPSA) is 109 Å². The van der Waals surface area contributed by atoms with Crippen molar-refractivity contribution in [2.45, 2.75) is 18.0 Å². The predicted octanol–water partition coefficient (Wildman–Crippen LogP) is 2.84. The van der Waals surface area contributed by atoms with Crippen LogP contribution in [0.5, 0.6) is 0 Å². The minimum atomic E-state index is -4.43. The summed E-state index contributed by atoms with van der Waals surface area (Å²) in [6.07, 6.45) is -1.09. The number of aliphatic hydroxyl groups is 1. The fraction of sp³-hybridized carbons (Fsp3) is 0.300. The molecule has 9 nitrogen and oxygen atoms in total. The molecule has 32 heavy (non-hydrogen) atoms. The van der Waals surface area contributed by atoms with Crippen LogP contribution in [0.3, 0.4) is 0 Å². The average Bonchev–Trinajstić information content (AvgIpc) is 3.45. The van der Waals surface area contributed by atoms with Gasteiger partial charge >= 0.3 is 6.18 Å². The summed E-state index contributed by atoms with van der Waals surface area (Å²) in [4.78, 5) is 14.0. The van der Waals surface area contributed by atoms with E-state index in [9.17, 15) is 23.1 Å². The molecule has 0 spiro atoms. The first-order valence-electron chi connectivity index (χ1n) is 9.54. The number of aliphatic hydroxyl groups excluding tert-OH is 1. The number of aromatic nitrogens is 4. The maximum absolute atomic E-state index is 12.8. The summed E-state index contributed by atoms with van der Waals surface area (Å²) in [7, 11) is 1.66. The SMILES string of the molecule is C=C[C@@]1(c2nnc(-c3cn(C)nc3Nc3ccc(C(F)(F)F)cc3)o2)CCN(CO)C1=O. The van der Waals surface area contributed by atoms with Gasteiger partial charge in [-0.15, -0.1) is 16.8 Å². The van der Waals surface area contributed by atoms with Gasteiger partial charge in [-0.25, -0.2) is 0 Å². The summed E-state index contributed by atoms with van der Waals surface area (Å²) in [6.45, 7) is 3.61. The maximum Gasteiger partial charge on any atom is 0.416 e. The number of halogens is 3. The number of hydrogen-bond donors (Lipinski definition) is 2. The van der Waals surface area contributed by atoms with Crippen LogP contribution in [0.15, 0.2) is 47.5 Å². The highest BCUT2D eigenvalue weighted by molar-refractivity contribution is 5.91. The zero-order chi connectivity index (χ0) is 23.1. The predicted molar refractivity (Wildman–Crippen MR) is 107 cm³/mol. The molecule has 1 atom stereocenters. The lowest BCUT2D eigenvalue weighted by molar-refractivity contribution is -0.137. The lowest BCUT2D eigenvalue weighted by Crippen LogP contribution is -2.37. The van der Waals surface area contributed by atoms with E-state index in [0.29, 0.717) is 24.2 Å². The fourth-order valence-electron chi connectivity index (χ4n) is 3.54. The standard InChI is InChI=1S/C20H19F3N6O3/c1-3-19(8-9-29(11-30)18(19)31)17-26-25-16(32-17)14-10-28(2)27-15(14)24-13-6-4-12(5-7-13)20(21,22)23/h3-7,10,30H,1,8-9,11H2,2H3,(H,24,27)/t19-/m0/s1. The van der Waals surface area contributed by atoms with Crippen LogP contribution in [0.2, 0.25) is 0 Å². The van der Waals surface area contributed by atoms with E-state index in [1.54, 1.807) is 13.2 Å². The van der Waals surface area contributed by atoms with Gasteiger partial charge in [-0.05, 0) is 30.7 Å². The zero-order valence-electron chi connectivity index (χ0n) is 16.9. The number of likely N-dealkylation sites (tertiary alicyclic amines) is 1. The summed E-state index contributed by atoms with van der Waals surface area (Å²) < 4.78 is 45.6. The summed E-state index contributed by atoms with van der Waals surface area (Å²) in [5, 5.41) is 24.6. The molecule has 0 radical (unpaired) electrons. The number of alkyl halides is 3. The summed E-state index contributed by atoms with van der Waals surface area (Å²) in [6, 6.07) is 4.49. The van der Waals surface area contributed by atoms with E-state index in [-0.39, 0.29) is 23.5 Å². The lowest BCUT2D eigenvalue weighted by atomic mass is 9.86. The van der Waals surface area contributed by atoms with Gasteiger partial charge in [0.1, 0.15) is 17.7 Å². The summed E-state index contributed by atoms with van der Waals surface area (Å²) >= 11 is 0. The van der Waals surface area contributed by atoms with Gasteiger partial charge in [0.15, 0.2) is 5.82 Å². The molecule has 3 aromatic rings. The molecular formula is C20H19F3N6O3. The van der Waals surface area contributed by atoms with Crippen molar-refractivity contribution < 1.29 is 27.5 Å². The number of rotatable bonds is 6. The molecule has 0 saturated carbocycles. The van der Waals surface area contributed by atoms with Crippen LogP contribution < -0.4 is 5.32 Å². The number of carbonyl (C=O) groups is 1. The third kappa shape index (κ3) is 3.62. The first-order valence-corrected chi connectivity index (χ1v) is 9.54. The molecule has 2 N–H and O–H groups in total. The molecular weight excluding hydrogens is 429 g/mol. The Bertz CT molecular complexity index is 1150. The van der Waals surface area contributed by atoms with Crippen molar-refractivity contribution >= 4 is 17.4 Å². The molecule has 4 rings (SSSR count). The molecule has 1 aliphatic rings. The molecule has 3 heterocycles. The van der Waals surface area contributed by atoms with E-state index in [0.717, 1.165) is 12.1 Å². The monoisotopic (exact) mass is 448 g/mol. The second-order valence-electron chi connectivity index (χ2n) is 7.31. The van der Waals surface area contributed by atoms with Gasteiger partial charge in [-0.2, -0.15) is 18.3 Å². The number of benzene rings is 1. The first-order chi connectivity index (χ1) is 15.2. The summed E-state index contributed by atoms with van der Waals surface area (Å²) in [5.74, 6) is -0.00361. The Labute approximate surface area is 180 Å². The van der Waals surface area contributed by atoms with Crippen molar-refractivity contribution in [3.8, 4) is 11.5 Å². The average molecular weight is 448 g/mol. The van der Waals surface area contributed by atoms with E-state index >= 15 is 0 Å². The normalized spacial score (nSPS) is 18.9. The Kier molecular flexibility index (Phi) is 5.25. The van der Waals surface area contributed by atoms with Gasteiger partial charge in [-0.3, -0.25) is 9.48 Å². The minimum Gasteiger partial charge on any atom is -0.419 e. The van der Waals surface area contributed by atoms with E-state index in [1.165, 1.54) is 27.8 Å². The van der Waals surface area contributed by atoms with Crippen LogP contribution in [0.25, 0.3) is 11.5 Å². The molecule has 0 bridgehead atoms. The number of hydrogen-bond acceptors (Lipinski definition) is 7. The number of anilines is 2. The maximum atomic E-state index is 12.8. The number of carbonyl (C=O) groups excluding carboxylic acids is 1. The summed E-state index contributed by atoms with van der Waals surface area (Å²) in [5.41, 5.74) is -1.23. The highest BCUT2D eigenvalue weighted by Gasteiger charge is 2.50. The van der Waals surface area contributed by atoms with Crippen molar-refractivity contribution in [1.29, 1.82) is 0 Å². The van der Waals surface area contributed by atoms with Crippen molar-refractivity contribution in [3.05, 3.63) is 54.6 Å². The highest BCUT2D eigenvalue weighted by atomic mass is 19.4. The molecule has 1 fully saturated rings. The Balaban J connectivity index is 1.63. The number of nitrogens with zero attached hydrogens (tertiary/aromatic N) is 5. The number of aryl methyl sites for hydroxylation is 1. The zero-order valence-corrected chi connectivity index (χ0v) is 16.9. The number of nitrogens with one attached hydrogen (secondary N) is 1. The molecule has 12 heteroatoms. The Morgan fingerprint density at radius 2 is 2.03 bits per heavy atom. The van der Waals surface area contributed by atoms with Gasteiger partial charge in [0.25, 0.3) is 5.89 Å². The molecule has 1 saturated heterocycles. The third-order valence-corrected chi connectivity index (χ3v) is 5.30. The van der Waals surface area contributed by atoms with Gasteiger partial charge in [0.05, 0.1) is 5.56 Å². The second kappa shape index (κ2) is 7.79. The van der Waals surface area contributed by atoms with Crippen LogP contribution in [-0.4, -0.2) is 49.2 Å². The van der Waals surface area contributed by atoms with Gasteiger partial charge in [-0.1, -0.05) is 6.08 Å². The molecule has 168 valence electrons. The second-order valence-corrected chi connectivity index (χ2v) is 7.31. The van der Waals surface area contributed by atoms with Crippen molar-refractivity contribution in [2.24, 2.45) is 7.05 Å². The number of amides is 1. The van der Waals surface area contributed by atoms with Crippen molar-refractivity contribution in [1.82, 2.24) is 24.9 Å². The van der Waals surface area contributed by atoms with Gasteiger partial charge < -0.3 is 19.7 Å². The van der Waals surface area contributed by atoms with E-state index < -0.39 is 23.9 Å². The Hall–Kier alpha value is -3.67. The van der Waals surface area contributed by atoms with Gasteiger partial charge in [0.2, 0.25) is 11.8 Å². The third-order valence-electron chi connectivity index (χ3n) is 5.30.